The molecule has 1 atom stereocenters. The standard InChI is InChI=1S/C21H20ClNO3/c1-15(26-20-11-5-4-10-18(20)22)21(24)23-13-14-25-19-12-6-8-16-7-2-3-9-17(16)19/h2-12,15H,13-14H2,1H3,(H,23,24). The zero-order chi connectivity index (χ0) is 18.4. The first-order valence-electron chi connectivity index (χ1n) is 8.44. The Kier molecular flexibility index (Phi) is 5.97. The van der Waals surface area contributed by atoms with E-state index in [4.69, 9.17) is 21.1 Å². The highest BCUT2D eigenvalue weighted by Gasteiger charge is 2.15. The predicted octanol–water partition coefficient (Wildman–Crippen LogP) is 4.46. The van der Waals surface area contributed by atoms with Crippen LogP contribution in [-0.4, -0.2) is 25.2 Å². The molecule has 3 rings (SSSR count). The molecule has 0 aliphatic rings. The van der Waals surface area contributed by atoms with Crippen LogP contribution in [0.15, 0.2) is 66.7 Å². The highest BCUT2D eigenvalue weighted by molar-refractivity contribution is 6.32. The van der Waals surface area contributed by atoms with Gasteiger partial charge in [0.15, 0.2) is 6.10 Å². The molecule has 134 valence electrons. The Hall–Kier alpha value is -2.72. The second-order valence-corrected chi connectivity index (χ2v) is 6.21. The third-order valence-electron chi connectivity index (χ3n) is 3.92. The van der Waals surface area contributed by atoms with Crippen molar-refractivity contribution in [2.24, 2.45) is 0 Å². The number of hydrogen-bond acceptors (Lipinski definition) is 3. The number of benzene rings is 3. The molecule has 0 bridgehead atoms. The molecule has 5 heteroatoms. The van der Waals surface area contributed by atoms with Gasteiger partial charge in [0.25, 0.3) is 5.91 Å². The fourth-order valence-electron chi connectivity index (χ4n) is 2.58. The van der Waals surface area contributed by atoms with Gasteiger partial charge in [0.2, 0.25) is 0 Å². The number of carbonyl (C=O) groups is 1. The van der Waals surface area contributed by atoms with Gasteiger partial charge in [0.05, 0.1) is 11.6 Å². The van der Waals surface area contributed by atoms with Gasteiger partial charge in [0, 0.05) is 5.39 Å². The smallest absolute Gasteiger partial charge is 0.260 e. The molecule has 1 unspecified atom stereocenters. The van der Waals surface area contributed by atoms with E-state index in [1.54, 1.807) is 19.1 Å². The molecule has 1 amide bonds. The largest absolute Gasteiger partial charge is 0.491 e. The van der Waals surface area contributed by atoms with Gasteiger partial charge in [-0.1, -0.05) is 60.1 Å². The minimum Gasteiger partial charge on any atom is -0.491 e. The first-order chi connectivity index (χ1) is 12.6. The van der Waals surface area contributed by atoms with E-state index in [1.165, 1.54) is 0 Å². The van der Waals surface area contributed by atoms with Crippen LogP contribution in [0.3, 0.4) is 0 Å². The monoisotopic (exact) mass is 369 g/mol. The van der Waals surface area contributed by atoms with Crippen LogP contribution >= 0.6 is 11.6 Å². The van der Waals surface area contributed by atoms with Crippen LogP contribution in [0.4, 0.5) is 0 Å². The van der Waals surface area contributed by atoms with Gasteiger partial charge in [-0.15, -0.1) is 0 Å². The Labute approximate surface area is 157 Å². The van der Waals surface area contributed by atoms with Gasteiger partial charge in [0.1, 0.15) is 18.1 Å². The maximum atomic E-state index is 12.1. The molecular formula is C21H20ClNO3. The number of fused-ring (bicyclic) bond motifs is 1. The summed E-state index contributed by atoms with van der Waals surface area (Å²) in [6, 6.07) is 21.0. The molecule has 3 aromatic rings. The van der Waals surface area contributed by atoms with Crippen LogP contribution in [0.2, 0.25) is 5.02 Å². The molecule has 0 spiro atoms. The minimum atomic E-state index is -0.646. The lowest BCUT2D eigenvalue weighted by atomic mass is 10.1. The van der Waals surface area contributed by atoms with Crippen molar-refractivity contribution in [1.29, 1.82) is 0 Å². The van der Waals surface area contributed by atoms with Crippen molar-refractivity contribution in [3.8, 4) is 11.5 Å². The molecule has 1 N–H and O–H groups in total. The lowest BCUT2D eigenvalue weighted by Crippen LogP contribution is -2.38. The number of carbonyl (C=O) groups excluding carboxylic acids is 1. The Morgan fingerprint density at radius 3 is 2.54 bits per heavy atom. The number of rotatable bonds is 7. The van der Waals surface area contributed by atoms with Crippen molar-refractivity contribution in [2.75, 3.05) is 13.2 Å². The van der Waals surface area contributed by atoms with E-state index in [0.29, 0.717) is 23.9 Å². The van der Waals surface area contributed by atoms with Crippen LogP contribution in [-0.2, 0) is 4.79 Å². The van der Waals surface area contributed by atoms with Crippen molar-refractivity contribution < 1.29 is 14.3 Å². The SMILES string of the molecule is CC(Oc1ccccc1Cl)C(=O)NCCOc1cccc2ccccc12. The van der Waals surface area contributed by atoms with E-state index >= 15 is 0 Å². The van der Waals surface area contributed by atoms with Gasteiger partial charge >= 0.3 is 0 Å². The van der Waals surface area contributed by atoms with Crippen molar-refractivity contribution in [2.45, 2.75) is 13.0 Å². The van der Waals surface area contributed by atoms with Crippen molar-refractivity contribution in [3.63, 3.8) is 0 Å². The van der Waals surface area contributed by atoms with Gasteiger partial charge in [-0.3, -0.25) is 4.79 Å². The van der Waals surface area contributed by atoms with Crippen molar-refractivity contribution >= 4 is 28.3 Å². The first-order valence-corrected chi connectivity index (χ1v) is 8.82. The summed E-state index contributed by atoms with van der Waals surface area (Å²) in [5, 5.41) is 5.46. The Balaban J connectivity index is 1.48. The summed E-state index contributed by atoms with van der Waals surface area (Å²) in [4.78, 5) is 12.1. The Morgan fingerprint density at radius 2 is 1.69 bits per heavy atom. The van der Waals surface area contributed by atoms with E-state index < -0.39 is 6.10 Å². The Morgan fingerprint density at radius 1 is 1.00 bits per heavy atom. The van der Waals surface area contributed by atoms with Crippen LogP contribution in [0.1, 0.15) is 6.92 Å². The lowest BCUT2D eigenvalue weighted by Gasteiger charge is -2.16. The van der Waals surface area contributed by atoms with Gasteiger partial charge in [-0.05, 0) is 30.5 Å². The fraction of sp³-hybridized carbons (Fsp3) is 0.190. The number of para-hydroxylation sites is 1. The molecule has 0 saturated carbocycles. The lowest BCUT2D eigenvalue weighted by molar-refractivity contribution is -0.127. The normalized spacial score (nSPS) is 11.8. The van der Waals surface area contributed by atoms with E-state index in [-0.39, 0.29) is 5.91 Å². The van der Waals surface area contributed by atoms with Crippen molar-refractivity contribution in [1.82, 2.24) is 5.32 Å². The van der Waals surface area contributed by atoms with Crippen LogP contribution < -0.4 is 14.8 Å². The van der Waals surface area contributed by atoms with E-state index in [1.807, 2.05) is 54.6 Å². The van der Waals surface area contributed by atoms with Crippen LogP contribution in [0.25, 0.3) is 10.8 Å². The summed E-state index contributed by atoms with van der Waals surface area (Å²) < 4.78 is 11.4. The zero-order valence-electron chi connectivity index (χ0n) is 14.4. The summed E-state index contributed by atoms with van der Waals surface area (Å²) >= 11 is 6.04. The third kappa shape index (κ3) is 4.46. The quantitative estimate of drug-likeness (QED) is 0.626. The van der Waals surface area contributed by atoms with E-state index in [0.717, 1.165) is 16.5 Å². The number of ether oxygens (including phenoxy) is 2. The van der Waals surface area contributed by atoms with Gasteiger partial charge in [-0.2, -0.15) is 0 Å². The molecule has 0 fully saturated rings. The minimum absolute atomic E-state index is 0.216. The molecule has 0 heterocycles. The maximum Gasteiger partial charge on any atom is 0.260 e. The molecule has 0 aliphatic carbocycles. The second-order valence-electron chi connectivity index (χ2n) is 5.81. The summed E-state index contributed by atoms with van der Waals surface area (Å²) in [6.07, 6.45) is -0.646. The highest BCUT2D eigenvalue weighted by atomic mass is 35.5. The number of hydrogen-bond donors (Lipinski definition) is 1. The van der Waals surface area contributed by atoms with Crippen molar-refractivity contribution in [3.05, 3.63) is 71.8 Å². The molecule has 4 nitrogen and oxygen atoms in total. The maximum absolute atomic E-state index is 12.1. The number of halogens is 1. The average Bonchev–Trinajstić information content (AvgIpc) is 2.67. The first kappa shape index (κ1) is 18.1. The number of amides is 1. The number of nitrogens with one attached hydrogen (secondary N) is 1. The topological polar surface area (TPSA) is 47.6 Å². The molecular weight excluding hydrogens is 350 g/mol. The highest BCUT2D eigenvalue weighted by Crippen LogP contribution is 2.25. The summed E-state index contributed by atoms with van der Waals surface area (Å²) in [7, 11) is 0. The summed E-state index contributed by atoms with van der Waals surface area (Å²) in [5.41, 5.74) is 0. The fourth-order valence-corrected chi connectivity index (χ4v) is 2.77. The van der Waals surface area contributed by atoms with Gasteiger partial charge in [-0.25, -0.2) is 0 Å². The molecule has 0 aliphatic heterocycles. The molecule has 0 saturated heterocycles. The van der Waals surface area contributed by atoms with Crippen LogP contribution in [0.5, 0.6) is 11.5 Å². The molecule has 3 aromatic carbocycles. The van der Waals surface area contributed by atoms with E-state index in [9.17, 15) is 4.79 Å². The third-order valence-corrected chi connectivity index (χ3v) is 4.23. The van der Waals surface area contributed by atoms with Gasteiger partial charge < -0.3 is 14.8 Å². The van der Waals surface area contributed by atoms with E-state index in [2.05, 4.69) is 5.32 Å². The molecule has 0 radical (unpaired) electrons. The van der Waals surface area contributed by atoms with Crippen LogP contribution in [0, 0.1) is 0 Å². The second kappa shape index (κ2) is 8.59. The molecule has 0 aromatic heterocycles. The average molecular weight is 370 g/mol. The predicted molar refractivity (Wildman–Crippen MR) is 104 cm³/mol. The summed E-state index contributed by atoms with van der Waals surface area (Å²) in [6.45, 7) is 2.45. The zero-order valence-corrected chi connectivity index (χ0v) is 15.2. The Bertz CT molecular complexity index is 892. The molecule has 26 heavy (non-hydrogen) atoms. The summed E-state index contributed by atoms with van der Waals surface area (Å²) in [5.74, 6) is 1.08.